The molecule has 2 aromatic carbocycles. The number of nitrogens with zero attached hydrogens (tertiary/aromatic N) is 3. The first-order chi connectivity index (χ1) is 10.6. The minimum absolute atomic E-state index is 0.0763. The quantitative estimate of drug-likeness (QED) is 0.789. The van der Waals surface area contributed by atoms with E-state index in [0.717, 1.165) is 0 Å². The van der Waals surface area contributed by atoms with Crippen molar-refractivity contribution in [2.45, 2.75) is 0 Å². The number of nitrogens with two attached hydrogens (primary N) is 1. The molecule has 0 radical (unpaired) electrons. The molecular weight excluding hydrogens is 286 g/mol. The number of benzene rings is 2. The van der Waals surface area contributed by atoms with Gasteiger partial charge in [-0.3, -0.25) is 0 Å². The Labute approximate surface area is 125 Å². The fourth-order valence-corrected chi connectivity index (χ4v) is 2.18. The van der Waals surface area contributed by atoms with E-state index in [0.29, 0.717) is 11.3 Å². The van der Waals surface area contributed by atoms with E-state index in [-0.39, 0.29) is 17.1 Å². The van der Waals surface area contributed by atoms with Gasteiger partial charge < -0.3 is 5.73 Å². The van der Waals surface area contributed by atoms with Gasteiger partial charge in [0.2, 0.25) is 0 Å². The summed E-state index contributed by atoms with van der Waals surface area (Å²) in [6.07, 6.45) is 0. The summed E-state index contributed by atoms with van der Waals surface area (Å²) in [5, 5.41) is 13.5. The number of anilines is 1. The van der Waals surface area contributed by atoms with Crippen molar-refractivity contribution in [1.82, 2.24) is 9.78 Å². The van der Waals surface area contributed by atoms with Crippen molar-refractivity contribution in [3.05, 3.63) is 65.7 Å². The Hall–Kier alpha value is -3.20. The molecule has 3 rings (SSSR count). The fourth-order valence-electron chi connectivity index (χ4n) is 2.18. The summed E-state index contributed by atoms with van der Waals surface area (Å²) in [5.74, 6) is -0.814. The minimum Gasteiger partial charge on any atom is -0.382 e. The first-order valence-electron chi connectivity index (χ1n) is 6.40. The minimum atomic E-state index is -0.446. The molecule has 1 heterocycles. The van der Waals surface area contributed by atoms with Crippen molar-refractivity contribution in [1.29, 1.82) is 5.26 Å². The molecule has 0 unspecified atom stereocenters. The van der Waals surface area contributed by atoms with E-state index in [4.69, 9.17) is 5.73 Å². The van der Waals surface area contributed by atoms with Crippen LogP contribution in [0.2, 0.25) is 0 Å². The second-order valence-corrected chi connectivity index (χ2v) is 4.62. The molecule has 0 saturated carbocycles. The van der Waals surface area contributed by atoms with Crippen LogP contribution in [0.5, 0.6) is 0 Å². The van der Waals surface area contributed by atoms with Crippen LogP contribution in [0.4, 0.5) is 14.6 Å². The lowest BCUT2D eigenvalue weighted by atomic mass is 10.1. The topological polar surface area (TPSA) is 67.6 Å². The van der Waals surface area contributed by atoms with E-state index < -0.39 is 11.6 Å². The molecule has 1 aromatic heterocycles. The van der Waals surface area contributed by atoms with Gasteiger partial charge in [-0.1, -0.05) is 18.2 Å². The number of halogens is 2. The van der Waals surface area contributed by atoms with Crippen molar-refractivity contribution >= 4 is 5.82 Å². The molecule has 0 amide bonds. The molecule has 0 aliphatic carbocycles. The second kappa shape index (κ2) is 5.30. The average molecular weight is 296 g/mol. The molecule has 3 aromatic rings. The highest BCUT2D eigenvalue weighted by Crippen LogP contribution is 2.29. The summed E-state index contributed by atoms with van der Waals surface area (Å²) in [7, 11) is 0. The summed E-state index contributed by atoms with van der Waals surface area (Å²) in [5.41, 5.74) is 7.12. The van der Waals surface area contributed by atoms with Gasteiger partial charge in [-0.05, 0) is 30.3 Å². The zero-order valence-corrected chi connectivity index (χ0v) is 11.3. The van der Waals surface area contributed by atoms with Gasteiger partial charge in [0.25, 0.3) is 0 Å². The van der Waals surface area contributed by atoms with Crippen LogP contribution in [-0.4, -0.2) is 9.78 Å². The summed E-state index contributed by atoms with van der Waals surface area (Å²) in [6.45, 7) is 0. The lowest BCUT2D eigenvalue weighted by Crippen LogP contribution is -2.02. The van der Waals surface area contributed by atoms with Gasteiger partial charge >= 0.3 is 0 Å². The van der Waals surface area contributed by atoms with E-state index in [9.17, 15) is 14.0 Å². The van der Waals surface area contributed by atoms with Crippen LogP contribution in [0.25, 0.3) is 16.9 Å². The van der Waals surface area contributed by atoms with Crippen LogP contribution in [0, 0.1) is 23.0 Å². The Morgan fingerprint density at radius 1 is 1.05 bits per heavy atom. The Morgan fingerprint density at radius 2 is 1.73 bits per heavy atom. The third kappa shape index (κ3) is 2.29. The third-order valence-corrected chi connectivity index (χ3v) is 3.18. The van der Waals surface area contributed by atoms with Gasteiger partial charge in [0, 0.05) is 5.56 Å². The van der Waals surface area contributed by atoms with Crippen molar-refractivity contribution in [3.8, 4) is 23.0 Å². The zero-order chi connectivity index (χ0) is 15.7. The molecule has 0 saturated heterocycles. The highest BCUT2D eigenvalue weighted by atomic mass is 19.1. The summed E-state index contributed by atoms with van der Waals surface area (Å²) >= 11 is 0. The lowest BCUT2D eigenvalue weighted by molar-refractivity contribution is 0.625. The van der Waals surface area contributed by atoms with E-state index >= 15 is 0 Å². The Balaban J connectivity index is 2.22. The van der Waals surface area contributed by atoms with Gasteiger partial charge in [0.1, 0.15) is 34.8 Å². The Bertz CT molecular complexity index is 893. The van der Waals surface area contributed by atoms with Gasteiger partial charge in [-0.25, -0.2) is 13.5 Å². The molecule has 6 heteroatoms. The summed E-state index contributed by atoms with van der Waals surface area (Å²) < 4.78 is 28.0. The van der Waals surface area contributed by atoms with Crippen molar-refractivity contribution in [3.63, 3.8) is 0 Å². The number of nitriles is 1. The van der Waals surface area contributed by atoms with Crippen LogP contribution in [0.15, 0.2) is 48.5 Å². The number of hydrogen-bond acceptors (Lipinski definition) is 3. The van der Waals surface area contributed by atoms with Crippen molar-refractivity contribution in [2.75, 3.05) is 5.73 Å². The van der Waals surface area contributed by atoms with Gasteiger partial charge in [0.15, 0.2) is 0 Å². The molecule has 0 spiro atoms. The smallest absolute Gasteiger partial charge is 0.145 e. The molecule has 0 aliphatic rings. The van der Waals surface area contributed by atoms with E-state index in [1.165, 1.54) is 41.1 Å². The van der Waals surface area contributed by atoms with Gasteiger partial charge in [0.05, 0.1) is 5.69 Å². The highest BCUT2D eigenvalue weighted by molar-refractivity contribution is 5.73. The van der Waals surface area contributed by atoms with Crippen LogP contribution < -0.4 is 5.73 Å². The molecule has 0 aliphatic heterocycles. The Morgan fingerprint density at radius 3 is 2.36 bits per heavy atom. The van der Waals surface area contributed by atoms with Crippen LogP contribution in [0.3, 0.4) is 0 Å². The normalized spacial score (nSPS) is 10.4. The lowest BCUT2D eigenvalue weighted by Gasteiger charge is -2.03. The number of hydrogen-bond donors (Lipinski definition) is 1. The van der Waals surface area contributed by atoms with Crippen LogP contribution in [-0.2, 0) is 0 Å². The van der Waals surface area contributed by atoms with Crippen molar-refractivity contribution < 1.29 is 8.78 Å². The zero-order valence-electron chi connectivity index (χ0n) is 11.3. The Kier molecular flexibility index (Phi) is 3.31. The molecular formula is C16H10F2N4. The fraction of sp³-hybridized carbons (Fsp3) is 0. The molecule has 0 atom stereocenters. The van der Waals surface area contributed by atoms with Crippen molar-refractivity contribution in [2.24, 2.45) is 0 Å². The SMILES string of the molecule is N#Cc1c(-c2cccc(F)c2)nn(-c2cccc(F)c2)c1N. The molecule has 22 heavy (non-hydrogen) atoms. The molecule has 108 valence electrons. The number of rotatable bonds is 2. The predicted octanol–water partition coefficient (Wildman–Crippen LogP) is 3.27. The first kappa shape index (κ1) is 13.8. The van der Waals surface area contributed by atoms with Gasteiger partial charge in [-0.2, -0.15) is 10.4 Å². The summed E-state index contributed by atoms with van der Waals surface area (Å²) in [6, 6.07) is 13.3. The summed E-state index contributed by atoms with van der Waals surface area (Å²) in [4.78, 5) is 0. The third-order valence-electron chi connectivity index (χ3n) is 3.18. The first-order valence-corrected chi connectivity index (χ1v) is 6.40. The average Bonchev–Trinajstić information content (AvgIpc) is 2.84. The maximum absolute atomic E-state index is 13.4. The predicted molar refractivity (Wildman–Crippen MR) is 78.0 cm³/mol. The molecule has 0 fully saturated rings. The van der Waals surface area contributed by atoms with Gasteiger partial charge in [-0.15, -0.1) is 0 Å². The number of aromatic nitrogens is 2. The molecule has 0 bridgehead atoms. The largest absolute Gasteiger partial charge is 0.382 e. The maximum atomic E-state index is 13.4. The standard InChI is InChI=1S/C16H10F2N4/c17-11-4-1-3-10(7-11)15-14(9-19)16(20)22(21-15)13-6-2-5-12(18)8-13/h1-8H,20H2. The molecule has 4 nitrogen and oxygen atoms in total. The van der Waals surface area contributed by atoms with Crippen LogP contribution >= 0.6 is 0 Å². The monoisotopic (exact) mass is 296 g/mol. The van der Waals surface area contributed by atoms with E-state index in [2.05, 4.69) is 5.10 Å². The van der Waals surface area contributed by atoms with E-state index in [1.54, 1.807) is 12.1 Å². The maximum Gasteiger partial charge on any atom is 0.145 e. The molecule has 2 N–H and O–H groups in total. The second-order valence-electron chi connectivity index (χ2n) is 4.62. The highest BCUT2D eigenvalue weighted by Gasteiger charge is 2.18. The van der Waals surface area contributed by atoms with Crippen LogP contribution in [0.1, 0.15) is 5.56 Å². The van der Waals surface area contributed by atoms with E-state index in [1.807, 2.05) is 6.07 Å². The number of nitrogen functional groups attached to an aromatic ring is 1.